The van der Waals surface area contributed by atoms with E-state index in [1.807, 2.05) is 0 Å². The molecule has 0 saturated carbocycles. The van der Waals surface area contributed by atoms with Crippen molar-refractivity contribution in [3.05, 3.63) is 0 Å². The molecule has 9 heavy (non-hydrogen) atoms. The van der Waals surface area contributed by atoms with Gasteiger partial charge in [-0.3, -0.25) is 4.39 Å². The van der Waals surface area contributed by atoms with Crippen LogP contribution in [-0.2, 0) is 0 Å². The van der Waals surface area contributed by atoms with E-state index in [0.29, 0.717) is 0 Å². The van der Waals surface area contributed by atoms with Gasteiger partial charge in [-0.15, -0.1) is 0 Å². The van der Waals surface area contributed by atoms with E-state index < -0.39 is 0 Å². The van der Waals surface area contributed by atoms with Crippen LogP contribution in [-0.4, -0.2) is 12.0 Å². The molecule has 56 valence electrons. The molecule has 0 fully saturated rings. The predicted octanol–water partition coefficient (Wildman–Crippen LogP) is 3.30. The molecule has 0 aliphatic rings. The monoisotopic (exact) mass is 196 g/mol. The Balaban J connectivity index is 2.60. The summed E-state index contributed by atoms with van der Waals surface area (Å²) < 4.78 is 11.5. The largest absolute Gasteiger partial charge is 0.251 e. The molecule has 0 aromatic heterocycles. The van der Waals surface area contributed by atoms with Crippen LogP contribution in [0, 0.1) is 0 Å². The van der Waals surface area contributed by atoms with Crippen molar-refractivity contribution in [1.82, 2.24) is 0 Å². The summed E-state index contributed by atoms with van der Waals surface area (Å²) >= 11 is 3.34. The first kappa shape index (κ1) is 9.41. The number of alkyl halides is 2. The average molecular weight is 197 g/mol. The third-order valence-corrected chi connectivity index (χ3v) is 1.83. The maximum absolute atomic E-state index is 11.5. The lowest BCUT2D eigenvalue weighted by Crippen LogP contribution is -1.80. The first-order valence-corrected chi connectivity index (χ1v) is 4.66. The fourth-order valence-electron chi connectivity index (χ4n) is 0.719. The molecular formula is C7H14BrF. The smallest absolute Gasteiger partial charge is 0.0894 e. The van der Waals surface area contributed by atoms with E-state index in [-0.39, 0.29) is 6.67 Å². The fraction of sp³-hybridized carbons (Fsp3) is 1.00. The summed E-state index contributed by atoms with van der Waals surface area (Å²) in [5, 5.41) is 1.09. The summed E-state index contributed by atoms with van der Waals surface area (Å²) in [5.41, 5.74) is 0. The van der Waals surface area contributed by atoms with Gasteiger partial charge in [-0.05, 0) is 12.8 Å². The van der Waals surface area contributed by atoms with Crippen LogP contribution in [0.1, 0.15) is 32.1 Å². The number of hydrogen-bond donors (Lipinski definition) is 0. The summed E-state index contributed by atoms with van der Waals surface area (Å²) in [6, 6.07) is 0. The number of unbranched alkanes of at least 4 members (excludes halogenated alkanes) is 4. The Morgan fingerprint density at radius 3 is 2.00 bits per heavy atom. The molecular weight excluding hydrogens is 183 g/mol. The quantitative estimate of drug-likeness (QED) is 0.452. The summed E-state index contributed by atoms with van der Waals surface area (Å²) in [7, 11) is 0. The van der Waals surface area contributed by atoms with Gasteiger partial charge in [-0.1, -0.05) is 35.2 Å². The Kier molecular flexibility index (Phi) is 8.79. The van der Waals surface area contributed by atoms with E-state index in [1.54, 1.807) is 0 Å². The van der Waals surface area contributed by atoms with Crippen LogP contribution in [0.4, 0.5) is 4.39 Å². The van der Waals surface area contributed by atoms with Crippen LogP contribution >= 0.6 is 15.9 Å². The van der Waals surface area contributed by atoms with Crippen LogP contribution in [0.3, 0.4) is 0 Å². The molecule has 0 aliphatic carbocycles. The van der Waals surface area contributed by atoms with Crippen molar-refractivity contribution in [2.45, 2.75) is 32.1 Å². The molecule has 0 nitrogen and oxygen atoms in total. The van der Waals surface area contributed by atoms with Gasteiger partial charge in [0.25, 0.3) is 0 Å². The van der Waals surface area contributed by atoms with Gasteiger partial charge in [-0.25, -0.2) is 0 Å². The standard InChI is InChI=1S/C7H14BrF/c8-6-4-2-1-3-5-7-9/h1-7H2. The Morgan fingerprint density at radius 1 is 0.889 bits per heavy atom. The summed E-state index contributed by atoms with van der Waals surface area (Å²) in [5.74, 6) is 0. The Morgan fingerprint density at radius 2 is 1.44 bits per heavy atom. The molecule has 0 aromatic carbocycles. The highest BCUT2D eigenvalue weighted by Gasteiger charge is 1.87. The molecule has 0 unspecified atom stereocenters. The Bertz CT molecular complexity index is 42.2. The minimum absolute atomic E-state index is 0.145. The van der Waals surface area contributed by atoms with Gasteiger partial charge in [0.05, 0.1) is 6.67 Å². The highest BCUT2D eigenvalue weighted by molar-refractivity contribution is 9.09. The maximum Gasteiger partial charge on any atom is 0.0894 e. The molecule has 0 amide bonds. The zero-order valence-corrected chi connectivity index (χ0v) is 7.29. The van der Waals surface area contributed by atoms with Crippen molar-refractivity contribution in [2.75, 3.05) is 12.0 Å². The van der Waals surface area contributed by atoms with Gasteiger partial charge in [-0.2, -0.15) is 0 Å². The molecule has 0 radical (unpaired) electrons. The third kappa shape index (κ3) is 8.41. The lowest BCUT2D eigenvalue weighted by atomic mass is 10.2. The van der Waals surface area contributed by atoms with E-state index in [2.05, 4.69) is 15.9 Å². The second-order valence-electron chi connectivity index (χ2n) is 2.15. The van der Waals surface area contributed by atoms with Crippen molar-refractivity contribution < 1.29 is 4.39 Å². The number of hydrogen-bond acceptors (Lipinski definition) is 0. The molecule has 0 aromatic rings. The number of rotatable bonds is 6. The van der Waals surface area contributed by atoms with Gasteiger partial charge in [0, 0.05) is 5.33 Å². The van der Waals surface area contributed by atoms with Crippen LogP contribution in [0.15, 0.2) is 0 Å². The average Bonchev–Trinajstić information content (AvgIpc) is 1.89. The molecule has 2 heteroatoms. The topological polar surface area (TPSA) is 0 Å². The number of halogens is 2. The molecule has 0 rings (SSSR count). The lowest BCUT2D eigenvalue weighted by Gasteiger charge is -1.94. The zero-order valence-electron chi connectivity index (χ0n) is 5.71. The molecule has 0 spiro atoms. The van der Waals surface area contributed by atoms with Crippen molar-refractivity contribution in [1.29, 1.82) is 0 Å². The zero-order chi connectivity index (χ0) is 6.95. The van der Waals surface area contributed by atoms with Crippen LogP contribution in [0.2, 0.25) is 0 Å². The molecule has 0 atom stereocenters. The third-order valence-electron chi connectivity index (χ3n) is 1.27. The highest BCUT2D eigenvalue weighted by atomic mass is 79.9. The summed E-state index contributed by atoms with van der Waals surface area (Å²) in [4.78, 5) is 0. The SMILES string of the molecule is FCCCCCCCBr. The molecule has 0 aliphatic heterocycles. The summed E-state index contributed by atoms with van der Waals surface area (Å²) in [6.07, 6.45) is 5.47. The van der Waals surface area contributed by atoms with E-state index >= 15 is 0 Å². The molecule has 0 N–H and O–H groups in total. The van der Waals surface area contributed by atoms with Gasteiger partial charge >= 0.3 is 0 Å². The minimum Gasteiger partial charge on any atom is -0.251 e. The predicted molar refractivity (Wildman–Crippen MR) is 42.9 cm³/mol. The van der Waals surface area contributed by atoms with Crippen LogP contribution < -0.4 is 0 Å². The fourth-order valence-corrected chi connectivity index (χ4v) is 1.12. The molecule has 0 bridgehead atoms. The second-order valence-corrected chi connectivity index (χ2v) is 2.94. The van der Waals surface area contributed by atoms with Gasteiger partial charge in [0.15, 0.2) is 0 Å². The van der Waals surface area contributed by atoms with Gasteiger partial charge in [0.2, 0.25) is 0 Å². The molecule has 0 heterocycles. The van der Waals surface area contributed by atoms with E-state index in [4.69, 9.17) is 0 Å². The van der Waals surface area contributed by atoms with E-state index in [0.717, 1.165) is 18.2 Å². The lowest BCUT2D eigenvalue weighted by molar-refractivity contribution is 0.453. The maximum atomic E-state index is 11.5. The minimum atomic E-state index is -0.145. The Labute approximate surface area is 65.0 Å². The van der Waals surface area contributed by atoms with Crippen molar-refractivity contribution in [2.24, 2.45) is 0 Å². The first-order valence-electron chi connectivity index (χ1n) is 3.53. The van der Waals surface area contributed by atoms with E-state index in [1.165, 1.54) is 19.3 Å². The first-order chi connectivity index (χ1) is 4.41. The molecule has 0 saturated heterocycles. The second kappa shape index (κ2) is 8.41. The normalized spacial score (nSPS) is 10.0. The highest BCUT2D eigenvalue weighted by Crippen LogP contribution is 2.04. The van der Waals surface area contributed by atoms with Gasteiger partial charge < -0.3 is 0 Å². The van der Waals surface area contributed by atoms with Gasteiger partial charge in [0.1, 0.15) is 0 Å². The van der Waals surface area contributed by atoms with Crippen molar-refractivity contribution in [3.8, 4) is 0 Å². The van der Waals surface area contributed by atoms with Crippen molar-refractivity contribution in [3.63, 3.8) is 0 Å². The summed E-state index contributed by atoms with van der Waals surface area (Å²) in [6.45, 7) is -0.145. The Hall–Kier alpha value is 0.410. The van der Waals surface area contributed by atoms with E-state index in [9.17, 15) is 4.39 Å². The van der Waals surface area contributed by atoms with Crippen LogP contribution in [0.5, 0.6) is 0 Å². The van der Waals surface area contributed by atoms with Crippen molar-refractivity contribution >= 4 is 15.9 Å². The van der Waals surface area contributed by atoms with Crippen LogP contribution in [0.25, 0.3) is 0 Å².